The first-order valence-corrected chi connectivity index (χ1v) is 8.51. The van der Waals surface area contributed by atoms with Crippen LogP contribution in [0.25, 0.3) is 11.3 Å². The Labute approximate surface area is 150 Å². The van der Waals surface area contributed by atoms with Gasteiger partial charge in [0.15, 0.2) is 11.6 Å². The summed E-state index contributed by atoms with van der Waals surface area (Å²) in [5, 5.41) is 11.5. The van der Waals surface area contributed by atoms with E-state index in [2.05, 4.69) is 22.4 Å². The molecule has 0 aliphatic heterocycles. The summed E-state index contributed by atoms with van der Waals surface area (Å²) in [5.41, 5.74) is 0.749. The number of benzene rings is 1. The molecule has 0 fully saturated rings. The van der Waals surface area contributed by atoms with Crippen LogP contribution in [0, 0.1) is 0 Å². The molecule has 1 amide bonds. The lowest BCUT2D eigenvalue weighted by atomic mass is 10.2. The van der Waals surface area contributed by atoms with Crippen molar-refractivity contribution in [2.75, 3.05) is 0 Å². The summed E-state index contributed by atoms with van der Waals surface area (Å²) in [6.07, 6.45) is 2.63. The number of carbonyl (C=O) groups excluding carboxylic acids is 1. The zero-order valence-electron chi connectivity index (χ0n) is 14.1. The average molecular weight is 359 g/mol. The van der Waals surface area contributed by atoms with E-state index in [-0.39, 0.29) is 17.7 Å². The van der Waals surface area contributed by atoms with Gasteiger partial charge in [-0.05, 0) is 37.6 Å². The summed E-state index contributed by atoms with van der Waals surface area (Å²) in [6, 6.07) is 10.4. The highest BCUT2D eigenvalue weighted by Gasteiger charge is 2.19. The molecule has 1 aromatic carbocycles. The van der Waals surface area contributed by atoms with Crippen molar-refractivity contribution in [2.45, 2.75) is 32.9 Å². The molecular weight excluding hydrogens is 340 g/mol. The van der Waals surface area contributed by atoms with E-state index in [1.54, 1.807) is 24.5 Å². The Bertz CT molecular complexity index is 871. The van der Waals surface area contributed by atoms with Crippen molar-refractivity contribution >= 4 is 17.5 Å². The van der Waals surface area contributed by atoms with Crippen LogP contribution in [0.1, 0.15) is 42.7 Å². The fraction of sp³-hybridized carbons (Fsp3) is 0.278. The molecule has 2 aromatic heterocycles. The predicted octanol–water partition coefficient (Wildman–Crippen LogP) is 4.09. The number of aryl methyl sites for hydroxylation is 1. The van der Waals surface area contributed by atoms with Gasteiger partial charge in [0.2, 0.25) is 0 Å². The Kier molecular flexibility index (Phi) is 5.19. The van der Waals surface area contributed by atoms with E-state index in [1.165, 1.54) is 0 Å². The van der Waals surface area contributed by atoms with Crippen LogP contribution in [0.2, 0.25) is 5.02 Å². The van der Waals surface area contributed by atoms with E-state index >= 15 is 0 Å². The standard InChI is InChI=1S/C18H19ClN4O2/c1-3-10-23-11-20-22-17(23)12(2)21-18(24)16-9-8-15(25-16)13-6-4-5-7-14(13)19/h4-9,11-12H,3,10H2,1-2H3,(H,21,24)/t12-/m0/s1. The second kappa shape index (κ2) is 7.53. The SMILES string of the molecule is CCCn1cnnc1[C@H](C)NC(=O)c1ccc(-c2ccccc2Cl)o1. The lowest BCUT2D eigenvalue weighted by molar-refractivity contribution is 0.0910. The molecular formula is C18H19ClN4O2. The van der Waals surface area contributed by atoms with Gasteiger partial charge in [-0.3, -0.25) is 4.79 Å². The molecule has 1 N–H and O–H groups in total. The molecule has 130 valence electrons. The number of rotatable bonds is 6. The van der Waals surface area contributed by atoms with Crippen molar-refractivity contribution < 1.29 is 9.21 Å². The highest BCUT2D eigenvalue weighted by Crippen LogP contribution is 2.29. The minimum atomic E-state index is -0.308. The lowest BCUT2D eigenvalue weighted by Gasteiger charge is -2.13. The summed E-state index contributed by atoms with van der Waals surface area (Å²) in [5.74, 6) is 1.19. The quantitative estimate of drug-likeness (QED) is 0.720. The van der Waals surface area contributed by atoms with Gasteiger partial charge < -0.3 is 14.3 Å². The first-order valence-electron chi connectivity index (χ1n) is 8.13. The van der Waals surface area contributed by atoms with Gasteiger partial charge >= 0.3 is 0 Å². The Morgan fingerprint density at radius 1 is 1.32 bits per heavy atom. The molecule has 0 radical (unpaired) electrons. The Balaban J connectivity index is 1.74. The molecule has 0 aliphatic carbocycles. The monoisotopic (exact) mass is 358 g/mol. The molecule has 7 heteroatoms. The fourth-order valence-corrected chi connectivity index (χ4v) is 2.84. The number of aromatic nitrogens is 3. The fourth-order valence-electron chi connectivity index (χ4n) is 2.61. The topological polar surface area (TPSA) is 73.0 Å². The van der Waals surface area contributed by atoms with Gasteiger partial charge in [0.05, 0.1) is 11.1 Å². The number of nitrogens with zero attached hydrogens (tertiary/aromatic N) is 3. The third-order valence-electron chi connectivity index (χ3n) is 3.81. The van der Waals surface area contributed by atoms with Gasteiger partial charge in [-0.2, -0.15) is 0 Å². The highest BCUT2D eigenvalue weighted by atomic mass is 35.5. The first-order chi connectivity index (χ1) is 12.1. The van der Waals surface area contributed by atoms with Crippen molar-refractivity contribution in [3.63, 3.8) is 0 Å². The molecule has 0 saturated heterocycles. The number of nitrogens with one attached hydrogen (secondary N) is 1. The van der Waals surface area contributed by atoms with Crippen LogP contribution in [0.5, 0.6) is 0 Å². The number of carbonyl (C=O) groups is 1. The van der Waals surface area contributed by atoms with Crippen LogP contribution < -0.4 is 5.32 Å². The molecule has 3 aromatic rings. The molecule has 3 rings (SSSR count). The van der Waals surface area contributed by atoms with Crippen molar-refractivity contribution in [1.29, 1.82) is 0 Å². The number of furan rings is 1. The van der Waals surface area contributed by atoms with Crippen LogP contribution in [0.3, 0.4) is 0 Å². The van der Waals surface area contributed by atoms with Crippen LogP contribution in [0.15, 0.2) is 47.1 Å². The molecule has 2 heterocycles. The van der Waals surface area contributed by atoms with Crippen molar-refractivity contribution in [1.82, 2.24) is 20.1 Å². The van der Waals surface area contributed by atoms with E-state index in [4.69, 9.17) is 16.0 Å². The maximum atomic E-state index is 12.5. The third-order valence-corrected chi connectivity index (χ3v) is 4.14. The number of hydrogen-bond donors (Lipinski definition) is 1. The molecule has 1 atom stereocenters. The Morgan fingerprint density at radius 3 is 2.88 bits per heavy atom. The normalized spacial score (nSPS) is 12.1. The molecule has 0 spiro atoms. The van der Waals surface area contributed by atoms with E-state index < -0.39 is 0 Å². The van der Waals surface area contributed by atoms with Crippen LogP contribution >= 0.6 is 11.6 Å². The zero-order chi connectivity index (χ0) is 17.8. The van der Waals surface area contributed by atoms with Crippen LogP contribution in [0.4, 0.5) is 0 Å². The Morgan fingerprint density at radius 2 is 2.12 bits per heavy atom. The molecule has 6 nitrogen and oxygen atoms in total. The van der Waals surface area contributed by atoms with Gasteiger partial charge in [-0.1, -0.05) is 30.7 Å². The van der Waals surface area contributed by atoms with E-state index in [0.717, 1.165) is 18.5 Å². The van der Waals surface area contributed by atoms with Gasteiger partial charge in [-0.15, -0.1) is 10.2 Å². The number of amides is 1. The molecule has 0 aliphatic rings. The van der Waals surface area contributed by atoms with Gasteiger partial charge in [0.25, 0.3) is 5.91 Å². The smallest absolute Gasteiger partial charge is 0.287 e. The van der Waals surface area contributed by atoms with E-state index in [9.17, 15) is 4.79 Å². The van der Waals surface area contributed by atoms with Crippen LogP contribution in [-0.4, -0.2) is 20.7 Å². The molecule has 0 unspecified atom stereocenters. The molecule has 0 bridgehead atoms. The predicted molar refractivity (Wildman–Crippen MR) is 95.3 cm³/mol. The number of hydrogen-bond acceptors (Lipinski definition) is 4. The van der Waals surface area contributed by atoms with Gasteiger partial charge in [0.1, 0.15) is 12.1 Å². The number of halogens is 1. The summed E-state index contributed by atoms with van der Waals surface area (Å²) in [6.45, 7) is 4.75. The third kappa shape index (κ3) is 3.74. The maximum absolute atomic E-state index is 12.5. The van der Waals surface area contributed by atoms with Gasteiger partial charge in [0, 0.05) is 12.1 Å². The molecule has 0 saturated carbocycles. The highest BCUT2D eigenvalue weighted by molar-refractivity contribution is 6.33. The second-order valence-electron chi connectivity index (χ2n) is 5.72. The zero-order valence-corrected chi connectivity index (χ0v) is 14.8. The largest absolute Gasteiger partial charge is 0.451 e. The minimum absolute atomic E-state index is 0.225. The van der Waals surface area contributed by atoms with Crippen molar-refractivity contribution in [3.05, 3.63) is 59.3 Å². The summed E-state index contributed by atoms with van der Waals surface area (Å²) in [7, 11) is 0. The van der Waals surface area contributed by atoms with Gasteiger partial charge in [-0.25, -0.2) is 0 Å². The van der Waals surface area contributed by atoms with E-state index in [0.29, 0.717) is 16.6 Å². The van der Waals surface area contributed by atoms with Crippen LogP contribution in [-0.2, 0) is 6.54 Å². The maximum Gasteiger partial charge on any atom is 0.287 e. The average Bonchev–Trinajstić information content (AvgIpc) is 3.25. The molecule has 25 heavy (non-hydrogen) atoms. The lowest BCUT2D eigenvalue weighted by Crippen LogP contribution is -2.28. The summed E-state index contributed by atoms with van der Waals surface area (Å²) >= 11 is 6.17. The minimum Gasteiger partial charge on any atom is -0.451 e. The first kappa shape index (κ1) is 17.2. The second-order valence-corrected chi connectivity index (χ2v) is 6.13. The van der Waals surface area contributed by atoms with Crippen molar-refractivity contribution in [3.8, 4) is 11.3 Å². The van der Waals surface area contributed by atoms with Crippen molar-refractivity contribution in [2.24, 2.45) is 0 Å². The summed E-state index contributed by atoms with van der Waals surface area (Å²) < 4.78 is 7.60. The summed E-state index contributed by atoms with van der Waals surface area (Å²) in [4.78, 5) is 12.5. The van der Waals surface area contributed by atoms with E-state index in [1.807, 2.05) is 29.7 Å². The Hall–Kier alpha value is -2.60.